The van der Waals surface area contributed by atoms with E-state index in [1.165, 1.54) is 11.1 Å². The second kappa shape index (κ2) is 10.1. The van der Waals surface area contributed by atoms with Gasteiger partial charge in [-0.1, -0.05) is 43.7 Å². The number of aryl methyl sites for hydroxylation is 1. The number of hydrogen-bond donors (Lipinski definition) is 1. The Bertz CT molecular complexity index is 683. The average Bonchev–Trinajstić information content (AvgIpc) is 2.76. The minimum Gasteiger partial charge on any atom is -0.366 e. The summed E-state index contributed by atoms with van der Waals surface area (Å²) in [4.78, 5) is 28.3. The highest BCUT2D eigenvalue weighted by molar-refractivity contribution is 5.79. The number of ether oxygens (including phenoxy) is 1. The maximum Gasteiger partial charge on any atom is 0.320 e. The molecule has 29 heavy (non-hydrogen) atoms. The van der Waals surface area contributed by atoms with E-state index < -0.39 is 0 Å². The smallest absolute Gasteiger partial charge is 0.320 e. The predicted octanol–water partition coefficient (Wildman–Crippen LogP) is 2.99. The summed E-state index contributed by atoms with van der Waals surface area (Å²) in [7, 11) is 0. The van der Waals surface area contributed by atoms with Crippen LogP contribution in [0.4, 0.5) is 4.79 Å². The molecule has 3 amide bonds. The van der Waals surface area contributed by atoms with Crippen LogP contribution in [0.3, 0.4) is 0 Å². The van der Waals surface area contributed by atoms with Gasteiger partial charge in [0.05, 0.1) is 12.1 Å². The number of benzene rings is 1. The number of likely N-dealkylation sites (tertiary alicyclic amines) is 2. The van der Waals surface area contributed by atoms with Gasteiger partial charge in [0.15, 0.2) is 0 Å². The van der Waals surface area contributed by atoms with Gasteiger partial charge in [0.25, 0.3) is 0 Å². The van der Waals surface area contributed by atoms with E-state index in [1.807, 2.05) is 23.6 Å². The van der Waals surface area contributed by atoms with Crippen LogP contribution in [-0.2, 0) is 16.0 Å². The first-order valence-electron chi connectivity index (χ1n) is 11.1. The van der Waals surface area contributed by atoms with Gasteiger partial charge in [-0.25, -0.2) is 4.79 Å². The fraction of sp³-hybridized carbons (Fsp3) is 0.652. The molecule has 160 valence electrons. The van der Waals surface area contributed by atoms with Gasteiger partial charge >= 0.3 is 6.03 Å². The first-order chi connectivity index (χ1) is 14.1. The summed E-state index contributed by atoms with van der Waals surface area (Å²) in [5.41, 5.74) is 2.68. The van der Waals surface area contributed by atoms with Crippen LogP contribution >= 0.6 is 0 Å². The molecule has 0 bridgehead atoms. The summed E-state index contributed by atoms with van der Waals surface area (Å²) in [6.45, 7) is 9.16. The molecule has 2 atom stereocenters. The summed E-state index contributed by atoms with van der Waals surface area (Å²) in [6, 6.07) is 8.83. The first-order valence-corrected chi connectivity index (χ1v) is 11.1. The molecule has 1 aromatic carbocycles. The topological polar surface area (TPSA) is 61.9 Å². The lowest BCUT2D eigenvalue weighted by atomic mass is 9.90. The molecule has 4 rings (SSSR count). The van der Waals surface area contributed by atoms with Crippen LogP contribution in [0.25, 0.3) is 0 Å². The van der Waals surface area contributed by atoms with Gasteiger partial charge in [-0.3, -0.25) is 4.79 Å². The molecule has 3 heterocycles. The number of fused-ring (bicyclic) bond motifs is 1. The third-order valence-electron chi connectivity index (χ3n) is 6.12. The minimum atomic E-state index is -0.0810. The van der Waals surface area contributed by atoms with Crippen molar-refractivity contribution < 1.29 is 14.3 Å². The van der Waals surface area contributed by atoms with E-state index >= 15 is 0 Å². The van der Waals surface area contributed by atoms with E-state index in [1.54, 1.807) is 0 Å². The second-order valence-corrected chi connectivity index (χ2v) is 8.16. The number of urea groups is 1. The highest BCUT2D eigenvalue weighted by Crippen LogP contribution is 2.24. The summed E-state index contributed by atoms with van der Waals surface area (Å²) in [5.74, 6) is 0.566. The highest BCUT2D eigenvalue weighted by atomic mass is 16.5. The van der Waals surface area contributed by atoms with Crippen LogP contribution in [0.1, 0.15) is 44.2 Å². The summed E-state index contributed by atoms with van der Waals surface area (Å²) >= 11 is 0. The van der Waals surface area contributed by atoms with Gasteiger partial charge in [0, 0.05) is 26.2 Å². The van der Waals surface area contributed by atoms with Gasteiger partial charge in [0.2, 0.25) is 5.91 Å². The number of nitrogens with zero attached hydrogens (tertiary/aromatic N) is 2. The molecule has 6 heteroatoms. The molecule has 0 saturated carbocycles. The molecule has 0 aromatic heterocycles. The van der Waals surface area contributed by atoms with Crippen LogP contribution < -0.4 is 5.32 Å². The van der Waals surface area contributed by atoms with Crippen molar-refractivity contribution in [3.63, 3.8) is 0 Å². The normalized spacial score (nSPS) is 24.9. The average molecular weight is 402 g/mol. The van der Waals surface area contributed by atoms with Gasteiger partial charge in [-0.05, 0) is 44.1 Å². The third kappa shape index (κ3) is 5.50. The number of carbonyl (C=O) groups excluding carboxylic acids is 2. The molecule has 2 unspecified atom stereocenters. The van der Waals surface area contributed by atoms with Crippen LogP contribution in [0.15, 0.2) is 24.3 Å². The van der Waals surface area contributed by atoms with Crippen molar-refractivity contribution in [1.29, 1.82) is 0 Å². The molecule has 0 aliphatic carbocycles. The minimum absolute atomic E-state index is 0.0481. The van der Waals surface area contributed by atoms with E-state index in [-0.39, 0.29) is 30.7 Å². The number of nitrogens with one attached hydrogen (secondary N) is 1. The molecule has 1 aromatic rings. The van der Waals surface area contributed by atoms with Gasteiger partial charge in [-0.2, -0.15) is 0 Å². The number of carbonyl (C=O) groups is 2. The third-order valence-corrected chi connectivity index (χ3v) is 6.12. The van der Waals surface area contributed by atoms with Crippen molar-refractivity contribution in [3.8, 4) is 0 Å². The van der Waals surface area contributed by atoms with E-state index in [2.05, 4.69) is 36.5 Å². The molecule has 6 nitrogen and oxygen atoms in total. The molecule has 0 spiro atoms. The molecule has 1 N–H and O–H groups in total. The van der Waals surface area contributed by atoms with Gasteiger partial charge < -0.3 is 19.9 Å². The lowest BCUT2D eigenvalue weighted by Crippen LogP contribution is -2.62. The number of piperidine rings is 2. The molecule has 3 aliphatic rings. The standard InChI is InChI=1S/C21H29N3O3.C2H6/c1-15-2-4-16(5-3-15)12-17-6-9-23(10-7-17)21(26)24-11-8-19-18(13-24)22-20(25)14-27-19;1-2/h2-5,17-19H,6-14H2,1H3,(H,22,25);1-2H3. The lowest BCUT2D eigenvalue weighted by Gasteiger charge is -2.43. The van der Waals surface area contributed by atoms with E-state index in [0.717, 1.165) is 38.8 Å². The largest absolute Gasteiger partial charge is 0.366 e. The summed E-state index contributed by atoms with van der Waals surface area (Å²) in [6.07, 6.45) is 4.05. The number of rotatable bonds is 2. The first kappa shape index (κ1) is 21.6. The Morgan fingerprint density at radius 3 is 2.41 bits per heavy atom. The zero-order valence-corrected chi connectivity index (χ0v) is 18.0. The zero-order chi connectivity index (χ0) is 20.8. The maximum atomic E-state index is 12.9. The summed E-state index contributed by atoms with van der Waals surface area (Å²) < 4.78 is 5.58. The molecule has 0 radical (unpaired) electrons. The predicted molar refractivity (Wildman–Crippen MR) is 114 cm³/mol. The monoisotopic (exact) mass is 401 g/mol. The number of hydrogen-bond acceptors (Lipinski definition) is 3. The summed E-state index contributed by atoms with van der Waals surface area (Å²) in [5, 5.41) is 2.97. The lowest BCUT2D eigenvalue weighted by molar-refractivity contribution is -0.139. The maximum absolute atomic E-state index is 12.9. The van der Waals surface area contributed by atoms with Crippen LogP contribution in [-0.4, -0.2) is 66.7 Å². The quantitative estimate of drug-likeness (QED) is 0.829. The van der Waals surface area contributed by atoms with Crippen LogP contribution in [0, 0.1) is 12.8 Å². The Morgan fingerprint density at radius 2 is 1.72 bits per heavy atom. The van der Waals surface area contributed by atoms with Crippen LogP contribution in [0.5, 0.6) is 0 Å². The van der Waals surface area contributed by atoms with E-state index in [4.69, 9.17) is 4.74 Å². The van der Waals surface area contributed by atoms with Crippen LogP contribution in [0.2, 0.25) is 0 Å². The molecular weight excluding hydrogens is 366 g/mol. The molecular formula is C23H35N3O3. The van der Waals surface area contributed by atoms with Gasteiger partial charge in [-0.15, -0.1) is 0 Å². The Balaban J connectivity index is 0.00000117. The second-order valence-electron chi connectivity index (χ2n) is 8.16. The van der Waals surface area contributed by atoms with Crippen molar-refractivity contribution in [2.45, 2.75) is 58.6 Å². The fourth-order valence-electron chi connectivity index (χ4n) is 4.46. The van der Waals surface area contributed by atoms with E-state index in [9.17, 15) is 9.59 Å². The molecule has 3 saturated heterocycles. The SMILES string of the molecule is CC.Cc1ccc(CC2CCN(C(=O)N3CCC4OCC(=O)NC4C3)CC2)cc1. The van der Waals surface area contributed by atoms with Crippen molar-refractivity contribution in [2.75, 3.05) is 32.8 Å². The number of amides is 3. The molecule has 3 aliphatic heterocycles. The molecule has 3 fully saturated rings. The highest BCUT2D eigenvalue weighted by Gasteiger charge is 2.37. The van der Waals surface area contributed by atoms with Gasteiger partial charge in [0.1, 0.15) is 6.61 Å². The van der Waals surface area contributed by atoms with Crippen molar-refractivity contribution in [2.24, 2.45) is 5.92 Å². The Labute approximate surface area is 174 Å². The Morgan fingerprint density at radius 1 is 1.07 bits per heavy atom. The van der Waals surface area contributed by atoms with E-state index in [0.29, 0.717) is 19.0 Å². The zero-order valence-electron chi connectivity index (χ0n) is 18.0. The Hall–Kier alpha value is -2.08. The van der Waals surface area contributed by atoms with Crippen molar-refractivity contribution >= 4 is 11.9 Å². The number of morpholine rings is 1. The van der Waals surface area contributed by atoms with Crippen molar-refractivity contribution in [1.82, 2.24) is 15.1 Å². The fourth-order valence-corrected chi connectivity index (χ4v) is 4.46. The Kier molecular flexibility index (Phi) is 7.53. The van der Waals surface area contributed by atoms with Crippen molar-refractivity contribution in [3.05, 3.63) is 35.4 Å².